The van der Waals surface area contributed by atoms with Gasteiger partial charge in [0.25, 0.3) is 0 Å². The van der Waals surface area contributed by atoms with Crippen LogP contribution in [0.3, 0.4) is 0 Å². The first-order chi connectivity index (χ1) is 10.3. The molecule has 2 aromatic carbocycles. The van der Waals surface area contributed by atoms with E-state index in [4.69, 9.17) is 0 Å². The van der Waals surface area contributed by atoms with E-state index in [0.29, 0.717) is 6.04 Å². The van der Waals surface area contributed by atoms with Crippen LogP contribution in [-0.2, 0) is 10.2 Å². The van der Waals surface area contributed by atoms with Crippen LogP contribution in [-0.4, -0.2) is 11.9 Å². The Kier molecular flexibility index (Phi) is 2.85. The standard InChI is InChI=1S/C19H19NO/c21-18(20-17-10-11-17)19(12-13-19)16-8-6-15(7-9-16)14-4-2-1-3-5-14/h1-9,17H,10-13H2,(H,20,21). The van der Waals surface area contributed by atoms with Crippen molar-refractivity contribution in [3.05, 3.63) is 60.2 Å². The molecular formula is C19H19NO. The van der Waals surface area contributed by atoms with Crippen molar-refractivity contribution >= 4 is 5.91 Å². The SMILES string of the molecule is O=C(NC1CC1)C1(c2ccc(-c3ccccc3)cc2)CC1. The Morgan fingerprint density at radius 3 is 2.10 bits per heavy atom. The third-order valence-corrected chi connectivity index (χ3v) is 4.64. The molecule has 0 radical (unpaired) electrons. The highest BCUT2D eigenvalue weighted by atomic mass is 16.2. The lowest BCUT2D eigenvalue weighted by Crippen LogP contribution is -2.36. The van der Waals surface area contributed by atoms with Crippen LogP contribution in [0, 0.1) is 0 Å². The van der Waals surface area contributed by atoms with Crippen molar-refractivity contribution in [3.8, 4) is 11.1 Å². The molecule has 1 N–H and O–H groups in total. The van der Waals surface area contributed by atoms with E-state index in [1.807, 2.05) is 6.07 Å². The van der Waals surface area contributed by atoms with Gasteiger partial charge in [-0.15, -0.1) is 0 Å². The van der Waals surface area contributed by atoms with Crippen molar-refractivity contribution < 1.29 is 4.79 Å². The molecule has 0 aromatic heterocycles. The van der Waals surface area contributed by atoms with Gasteiger partial charge in [0.1, 0.15) is 0 Å². The average molecular weight is 277 g/mol. The molecule has 0 atom stereocenters. The van der Waals surface area contributed by atoms with E-state index in [1.165, 1.54) is 16.7 Å². The Morgan fingerprint density at radius 1 is 0.905 bits per heavy atom. The highest BCUT2D eigenvalue weighted by molar-refractivity contribution is 5.91. The minimum absolute atomic E-state index is 0.234. The molecule has 2 heteroatoms. The highest BCUT2D eigenvalue weighted by Gasteiger charge is 2.52. The molecule has 2 nitrogen and oxygen atoms in total. The zero-order chi connectivity index (χ0) is 14.3. The van der Waals surface area contributed by atoms with Crippen LogP contribution in [0.5, 0.6) is 0 Å². The topological polar surface area (TPSA) is 29.1 Å². The second-order valence-electron chi connectivity index (χ2n) is 6.27. The van der Waals surface area contributed by atoms with E-state index < -0.39 is 0 Å². The molecule has 2 saturated carbocycles. The van der Waals surface area contributed by atoms with E-state index >= 15 is 0 Å². The van der Waals surface area contributed by atoms with Crippen molar-refractivity contribution in [2.24, 2.45) is 0 Å². The van der Waals surface area contributed by atoms with Gasteiger partial charge in [-0.3, -0.25) is 4.79 Å². The van der Waals surface area contributed by atoms with Crippen molar-refractivity contribution in [2.45, 2.75) is 37.1 Å². The Balaban J connectivity index is 1.57. The van der Waals surface area contributed by atoms with Gasteiger partial charge in [0.15, 0.2) is 0 Å². The minimum Gasteiger partial charge on any atom is -0.353 e. The summed E-state index contributed by atoms with van der Waals surface area (Å²) in [5.41, 5.74) is 3.35. The van der Waals surface area contributed by atoms with Gasteiger partial charge in [0, 0.05) is 6.04 Å². The number of nitrogens with one attached hydrogen (secondary N) is 1. The molecule has 2 aromatic rings. The van der Waals surface area contributed by atoms with Crippen LogP contribution in [0.1, 0.15) is 31.2 Å². The first kappa shape index (κ1) is 12.6. The summed E-state index contributed by atoms with van der Waals surface area (Å²) < 4.78 is 0. The number of rotatable bonds is 4. The summed E-state index contributed by atoms with van der Waals surface area (Å²) in [7, 11) is 0. The molecule has 2 aliphatic carbocycles. The first-order valence-corrected chi connectivity index (χ1v) is 7.75. The summed E-state index contributed by atoms with van der Waals surface area (Å²) in [5.74, 6) is 0.234. The zero-order valence-electron chi connectivity index (χ0n) is 12.0. The highest BCUT2D eigenvalue weighted by Crippen LogP contribution is 2.49. The number of carbonyl (C=O) groups excluding carboxylic acids is 1. The molecule has 0 saturated heterocycles. The normalized spacial score (nSPS) is 19.0. The molecule has 0 bridgehead atoms. The molecular weight excluding hydrogens is 258 g/mol. The lowest BCUT2D eigenvalue weighted by Gasteiger charge is -2.16. The van der Waals surface area contributed by atoms with Gasteiger partial charge in [0.2, 0.25) is 5.91 Å². The molecule has 0 unspecified atom stereocenters. The summed E-state index contributed by atoms with van der Waals surface area (Å²) in [6.07, 6.45) is 4.26. The Labute approximate surface area is 125 Å². The molecule has 106 valence electrons. The number of benzene rings is 2. The number of hydrogen-bond acceptors (Lipinski definition) is 1. The smallest absolute Gasteiger partial charge is 0.230 e. The van der Waals surface area contributed by atoms with Gasteiger partial charge >= 0.3 is 0 Å². The third kappa shape index (κ3) is 2.35. The fourth-order valence-electron chi connectivity index (χ4n) is 2.94. The Hall–Kier alpha value is -2.09. The van der Waals surface area contributed by atoms with E-state index in [0.717, 1.165) is 25.7 Å². The molecule has 2 fully saturated rings. The second kappa shape index (κ2) is 4.73. The maximum absolute atomic E-state index is 12.4. The summed E-state index contributed by atoms with van der Waals surface area (Å²) in [6, 6.07) is 19.3. The van der Waals surface area contributed by atoms with Crippen LogP contribution in [0.15, 0.2) is 54.6 Å². The summed E-state index contributed by atoms with van der Waals surface area (Å²) >= 11 is 0. The summed E-state index contributed by atoms with van der Waals surface area (Å²) in [5, 5.41) is 3.16. The van der Waals surface area contributed by atoms with Crippen LogP contribution >= 0.6 is 0 Å². The van der Waals surface area contributed by atoms with Gasteiger partial charge in [-0.1, -0.05) is 54.6 Å². The van der Waals surface area contributed by atoms with E-state index in [9.17, 15) is 4.79 Å². The number of carbonyl (C=O) groups is 1. The first-order valence-electron chi connectivity index (χ1n) is 7.75. The van der Waals surface area contributed by atoms with Crippen molar-refractivity contribution in [1.29, 1.82) is 0 Å². The lowest BCUT2D eigenvalue weighted by molar-refractivity contribution is -0.123. The summed E-state index contributed by atoms with van der Waals surface area (Å²) in [6.45, 7) is 0. The molecule has 4 rings (SSSR count). The van der Waals surface area contributed by atoms with Crippen LogP contribution in [0.25, 0.3) is 11.1 Å². The predicted octanol–water partition coefficient (Wildman–Crippen LogP) is 3.66. The quantitative estimate of drug-likeness (QED) is 0.907. The monoisotopic (exact) mass is 277 g/mol. The van der Waals surface area contributed by atoms with E-state index in [-0.39, 0.29) is 11.3 Å². The second-order valence-corrected chi connectivity index (χ2v) is 6.27. The molecule has 2 aliphatic rings. The number of hydrogen-bond donors (Lipinski definition) is 1. The molecule has 0 heterocycles. The van der Waals surface area contributed by atoms with Crippen molar-refractivity contribution in [2.75, 3.05) is 0 Å². The minimum atomic E-state index is -0.238. The van der Waals surface area contributed by atoms with Crippen LogP contribution in [0.2, 0.25) is 0 Å². The van der Waals surface area contributed by atoms with Gasteiger partial charge < -0.3 is 5.32 Å². The fraction of sp³-hybridized carbons (Fsp3) is 0.316. The van der Waals surface area contributed by atoms with Crippen molar-refractivity contribution in [3.63, 3.8) is 0 Å². The van der Waals surface area contributed by atoms with Gasteiger partial charge in [0.05, 0.1) is 5.41 Å². The largest absolute Gasteiger partial charge is 0.353 e. The maximum atomic E-state index is 12.4. The fourth-order valence-corrected chi connectivity index (χ4v) is 2.94. The van der Waals surface area contributed by atoms with E-state index in [1.54, 1.807) is 0 Å². The average Bonchev–Trinajstić information content (AvgIpc) is 3.43. The molecule has 0 aliphatic heterocycles. The van der Waals surface area contributed by atoms with Crippen LogP contribution < -0.4 is 5.32 Å². The molecule has 21 heavy (non-hydrogen) atoms. The van der Waals surface area contributed by atoms with Gasteiger partial charge in [-0.2, -0.15) is 0 Å². The van der Waals surface area contributed by atoms with Gasteiger partial charge in [-0.05, 0) is 42.4 Å². The third-order valence-electron chi connectivity index (χ3n) is 4.64. The van der Waals surface area contributed by atoms with Crippen molar-refractivity contribution in [1.82, 2.24) is 5.32 Å². The van der Waals surface area contributed by atoms with Gasteiger partial charge in [-0.25, -0.2) is 0 Å². The lowest BCUT2D eigenvalue weighted by atomic mass is 9.93. The number of amides is 1. The zero-order valence-corrected chi connectivity index (χ0v) is 12.0. The summed E-state index contributed by atoms with van der Waals surface area (Å²) in [4.78, 5) is 12.4. The Bertz CT molecular complexity index is 652. The maximum Gasteiger partial charge on any atom is 0.230 e. The Morgan fingerprint density at radius 2 is 1.52 bits per heavy atom. The predicted molar refractivity (Wildman–Crippen MR) is 84.0 cm³/mol. The molecule has 1 amide bonds. The van der Waals surface area contributed by atoms with Crippen LogP contribution in [0.4, 0.5) is 0 Å². The molecule has 0 spiro atoms. The van der Waals surface area contributed by atoms with E-state index in [2.05, 4.69) is 53.8 Å².